The van der Waals surface area contributed by atoms with E-state index in [0.717, 1.165) is 67.2 Å². The van der Waals surface area contributed by atoms with Crippen LogP contribution in [0.2, 0.25) is 10.0 Å². The number of carbonyl (C=O) groups excluding carboxylic acids is 1. The zero-order valence-electron chi connectivity index (χ0n) is 22.1. The van der Waals surface area contributed by atoms with E-state index in [1.165, 1.54) is 0 Å². The minimum absolute atomic E-state index is 0.0623. The maximum absolute atomic E-state index is 12.0. The second-order valence-electron chi connectivity index (χ2n) is 8.64. The number of fused-ring (bicyclic) bond motifs is 1. The Morgan fingerprint density at radius 3 is 2.68 bits per heavy atom. The summed E-state index contributed by atoms with van der Waals surface area (Å²) in [5.74, 6) is 0.0623. The Morgan fingerprint density at radius 1 is 1.18 bits per heavy atom. The monoisotopic (exact) mass is 558 g/mol. The van der Waals surface area contributed by atoms with Crippen molar-refractivity contribution < 1.29 is 14.3 Å². The summed E-state index contributed by atoms with van der Waals surface area (Å²) in [7, 11) is 0. The van der Waals surface area contributed by atoms with Gasteiger partial charge < -0.3 is 14.8 Å². The van der Waals surface area contributed by atoms with E-state index in [0.29, 0.717) is 23.1 Å². The highest BCUT2D eigenvalue weighted by atomic mass is 35.5. The lowest BCUT2D eigenvalue weighted by Gasteiger charge is -2.27. The zero-order valence-corrected chi connectivity index (χ0v) is 23.6. The normalized spacial score (nSPS) is 17.4. The molecule has 1 unspecified atom stereocenters. The van der Waals surface area contributed by atoms with E-state index in [4.69, 9.17) is 32.7 Å². The van der Waals surface area contributed by atoms with Gasteiger partial charge in [0.05, 0.1) is 35.6 Å². The van der Waals surface area contributed by atoms with Gasteiger partial charge in [0.15, 0.2) is 0 Å². The molecule has 4 rings (SSSR count). The number of hydrogen-bond donors (Lipinski definition) is 1. The molecule has 2 aromatic carbocycles. The standard InChI is InChI=1S/C27H30Cl2N4O3.C2H6/c1-30-26-20(17-31-18-32-27(34)36-12-4-9-33-10-13-35-14-11-33)15-23(21-5-2-3-6-22(21)26)19-7-8-24(28)25(29)16-19;1-2/h2-3,5-8,16-17,23H,1,4,9-15,18H2,(H,32,34);1-2H3/b31-17-;. The number of nitrogens with one attached hydrogen (secondary N) is 1. The Bertz CT molecular complexity index is 1150. The van der Waals surface area contributed by atoms with Gasteiger partial charge in [0.25, 0.3) is 0 Å². The topological polar surface area (TPSA) is 75.5 Å². The molecule has 204 valence electrons. The number of rotatable bonds is 9. The van der Waals surface area contributed by atoms with Gasteiger partial charge in [0, 0.05) is 37.3 Å². The van der Waals surface area contributed by atoms with Crippen LogP contribution in [0.1, 0.15) is 49.3 Å². The Balaban J connectivity index is 0.00000195. The summed E-state index contributed by atoms with van der Waals surface area (Å²) >= 11 is 12.5. The molecule has 2 aliphatic rings. The van der Waals surface area contributed by atoms with Crippen LogP contribution in [0.15, 0.2) is 58.0 Å². The summed E-state index contributed by atoms with van der Waals surface area (Å²) in [6.07, 6.45) is 2.72. The summed E-state index contributed by atoms with van der Waals surface area (Å²) in [6.45, 7) is 12.5. The number of halogens is 2. The van der Waals surface area contributed by atoms with Crippen molar-refractivity contribution in [2.24, 2.45) is 9.98 Å². The molecule has 1 saturated heterocycles. The third kappa shape index (κ3) is 8.14. The predicted octanol–water partition coefficient (Wildman–Crippen LogP) is 6.44. The van der Waals surface area contributed by atoms with Gasteiger partial charge in [-0.05, 0) is 48.4 Å². The van der Waals surface area contributed by atoms with Crippen LogP contribution >= 0.6 is 23.2 Å². The van der Waals surface area contributed by atoms with E-state index in [-0.39, 0.29) is 12.6 Å². The van der Waals surface area contributed by atoms with Crippen LogP contribution in [0, 0.1) is 0 Å². The Morgan fingerprint density at radius 2 is 1.95 bits per heavy atom. The summed E-state index contributed by atoms with van der Waals surface area (Å²) in [4.78, 5) is 23.0. The second kappa shape index (κ2) is 15.6. The third-order valence-electron chi connectivity index (χ3n) is 6.34. The molecule has 0 aromatic heterocycles. The molecule has 1 aliphatic heterocycles. The molecule has 0 bridgehead atoms. The van der Waals surface area contributed by atoms with Gasteiger partial charge in [0.2, 0.25) is 0 Å². The van der Waals surface area contributed by atoms with Crippen molar-refractivity contribution in [3.63, 3.8) is 0 Å². The van der Waals surface area contributed by atoms with Crippen molar-refractivity contribution in [2.45, 2.75) is 32.6 Å². The predicted molar refractivity (Wildman–Crippen MR) is 157 cm³/mol. The summed E-state index contributed by atoms with van der Waals surface area (Å²) < 4.78 is 10.6. The van der Waals surface area contributed by atoms with Crippen molar-refractivity contribution >= 4 is 47.9 Å². The van der Waals surface area contributed by atoms with Gasteiger partial charge in [-0.3, -0.25) is 14.9 Å². The van der Waals surface area contributed by atoms with Gasteiger partial charge in [-0.1, -0.05) is 67.4 Å². The van der Waals surface area contributed by atoms with E-state index in [1.54, 1.807) is 6.21 Å². The molecular formula is C29H36Cl2N4O3. The molecule has 9 heteroatoms. The van der Waals surface area contributed by atoms with Gasteiger partial charge >= 0.3 is 6.09 Å². The van der Waals surface area contributed by atoms with Crippen LogP contribution in [0.3, 0.4) is 0 Å². The number of ether oxygens (including phenoxy) is 2. The molecule has 1 fully saturated rings. The maximum atomic E-state index is 12.0. The second-order valence-corrected chi connectivity index (χ2v) is 9.45. The van der Waals surface area contributed by atoms with Crippen molar-refractivity contribution in [3.05, 3.63) is 74.8 Å². The SMILES string of the molecule is C=NC1=C(/C=N\CNC(=O)OCCCN2CCOCC2)CC(c2ccc(Cl)c(Cl)c2)c2ccccc21.CC. The molecule has 0 spiro atoms. The molecule has 1 atom stereocenters. The number of morpholine rings is 1. The Kier molecular flexibility index (Phi) is 12.3. The number of hydrogen-bond acceptors (Lipinski definition) is 6. The average molecular weight is 560 g/mol. The lowest BCUT2D eigenvalue weighted by atomic mass is 9.78. The van der Waals surface area contributed by atoms with Crippen molar-refractivity contribution in [3.8, 4) is 0 Å². The Hall–Kier alpha value is -2.71. The van der Waals surface area contributed by atoms with E-state index in [2.05, 4.69) is 33.0 Å². The molecule has 1 amide bonds. The van der Waals surface area contributed by atoms with Crippen molar-refractivity contribution in [1.82, 2.24) is 10.2 Å². The lowest BCUT2D eigenvalue weighted by molar-refractivity contribution is 0.0345. The minimum atomic E-state index is -0.479. The van der Waals surface area contributed by atoms with Gasteiger partial charge in [-0.15, -0.1) is 0 Å². The van der Waals surface area contributed by atoms with Crippen LogP contribution in [0.4, 0.5) is 4.79 Å². The summed E-state index contributed by atoms with van der Waals surface area (Å²) in [6, 6.07) is 13.8. The smallest absolute Gasteiger partial charge is 0.408 e. The lowest BCUT2D eigenvalue weighted by Crippen LogP contribution is -2.37. The fourth-order valence-corrected chi connectivity index (χ4v) is 4.84. The molecule has 1 heterocycles. The van der Waals surface area contributed by atoms with Crippen LogP contribution < -0.4 is 5.32 Å². The molecule has 0 saturated carbocycles. The number of allylic oxidation sites excluding steroid dienone is 1. The van der Waals surface area contributed by atoms with Crippen LogP contribution in [-0.4, -0.2) is 70.0 Å². The molecular weight excluding hydrogens is 523 g/mol. The highest BCUT2D eigenvalue weighted by Crippen LogP contribution is 2.43. The Labute approximate surface area is 235 Å². The molecule has 1 aliphatic carbocycles. The van der Waals surface area contributed by atoms with Gasteiger partial charge in [0.1, 0.15) is 6.67 Å². The first-order valence-corrected chi connectivity index (χ1v) is 13.8. The number of aliphatic imine (C=N–C) groups is 2. The van der Waals surface area contributed by atoms with Gasteiger partial charge in [-0.2, -0.15) is 0 Å². The minimum Gasteiger partial charge on any atom is -0.449 e. The number of benzene rings is 2. The summed E-state index contributed by atoms with van der Waals surface area (Å²) in [5, 5.41) is 3.72. The number of alkyl carbamates (subject to hydrolysis) is 1. The van der Waals surface area contributed by atoms with Crippen molar-refractivity contribution in [2.75, 3.05) is 46.1 Å². The highest BCUT2D eigenvalue weighted by molar-refractivity contribution is 6.42. The first kappa shape index (κ1) is 29.8. The first-order chi connectivity index (χ1) is 18.6. The number of carbonyl (C=O) groups is 1. The van der Waals surface area contributed by atoms with E-state index in [9.17, 15) is 4.79 Å². The summed E-state index contributed by atoms with van der Waals surface area (Å²) in [5.41, 5.74) is 4.93. The largest absolute Gasteiger partial charge is 0.449 e. The number of nitrogens with zero attached hydrogens (tertiary/aromatic N) is 3. The van der Waals surface area contributed by atoms with Crippen molar-refractivity contribution in [1.29, 1.82) is 0 Å². The first-order valence-electron chi connectivity index (χ1n) is 13.0. The highest BCUT2D eigenvalue weighted by Gasteiger charge is 2.27. The fourth-order valence-electron chi connectivity index (χ4n) is 4.54. The van der Waals surface area contributed by atoms with Gasteiger partial charge in [-0.25, -0.2) is 4.79 Å². The molecule has 7 nitrogen and oxygen atoms in total. The molecule has 1 N–H and O–H groups in total. The molecule has 0 radical (unpaired) electrons. The molecule has 2 aromatic rings. The third-order valence-corrected chi connectivity index (χ3v) is 7.08. The fraction of sp³-hybridized carbons (Fsp3) is 0.414. The van der Waals surface area contributed by atoms with Crippen LogP contribution in [0.5, 0.6) is 0 Å². The van der Waals surface area contributed by atoms with Crippen LogP contribution in [-0.2, 0) is 9.47 Å². The van der Waals surface area contributed by atoms with E-state index >= 15 is 0 Å². The molecule has 38 heavy (non-hydrogen) atoms. The number of amides is 1. The zero-order chi connectivity index (χ0) is 27.3. The maximum Gasteiger partial charge on any atom is 0.408 e. The quantitative estimate of drug-likeness (QED) is 0.283. The van der Waals surface area contributed by atoms with E-state index < -0.39 is 6.09 Å². The van der Waals surface area contributed by atoms with E-state index in [1.807, 2.05) is 50.2 Å². The average Bonchev–Trinajstić information content (AvgIpc) is 2.96. The van der Waals surface area contributed by atoms with Crippen LogP contribution in [0.25, 0.3) is 5.70 Å².